The number of phenols is 2. The molecule has 438 valence electrons. The number of amides is 2. The number of cyclic esters (lactones) is 1. The molecule has 2 bridgehead atoms. The number of terminal acetylenes is 1. The van der Waals surface area contributed by atoms with Crippen molar-refractivity contribution in [1.29, 1.82) is 0 Å². The summed E-state index contributed by atoms with van der Waals surface area (Å²) < 4.78 is 72.3. The van der Waals surface area contributed by atoms with Crippen LogP contribution in [0.4, 0.5) is 23.8 Å². The average molecular weight is 1160 g/mol. The summed E-state index contributed by atoms with van der Waals surface area (Å²) in [7, 11) is 0. The highest BCUT2D eigenvalue weighted by molar-refractivity contribution is 6.03. The molecule has 4 fully saturated rings. The Morgan fingerprint density at radius 2 is 1.79 bits per heavy atom. The molecule has 0 aliphatic carbocycles. The van der Waals surface area contributed by atoms with Crippen LogP contribution in [0.1, 0.15) is 80.2 Å². The first-order chi connectivity index (χ1) is 40.9. The molecule has 20 nitrogen and oxygen atoms in total. The number of piperazine rings is 1. The molecule has 2 amide bonds. The summed E-state index contributed by atoms with van der Waals surface area (Å²) in [6.45, 7) is 7.78. The number of pyridine rings is 3. The van der Waals surface area contributed by atoms with Gasteiger partial charge in [-0.3, -0.25) is 19.5 Å². The highest BCUT2D eigenvalue weighted by atomic mass is 19.1. The number of carbonyl (C=O) groups is 3. The Morgan fingerprint density at radius 1 is 0.988 bits per heavy atom. The lowest BCUT2D eigenvalue weighted by Crippen LogP contribution is -2.56. The number of alkyl carbamates (subject to hydrolysis) is 1. The number of ether oxygens (including phenoxy) is 4. The maximum absolute atomic E-state index is 17.4. The number of carbonyl (C=O) groups excluding carboxylic acids is 3. The van der Waals surface area contributed by atoms with E-state index in [0.717, 1.165) is 29.0 Å². The van der Waals surface area contributed by atoms with Crippen molar-refractivity contribution >= 4 is 56.4 Å². The number of benzene rings is 3. The van der Waals surface area contributed by atoms with Crippen LogP contribution in [-0.2, 0) is 49.0 Å². The number of anilines is 1. The van der Waals surface area contributed by atoms with Gasteiger partial charge in [-0.15, -0.1) is 6.42 Å². The van der Waals surface area contributed by atoms with Crippen molar-refractivity contribution in [2.75, 3.05) is 50.8 Å². The molecule has 4 N–H and O–H groups in total. The van der Waals surface area contributed by atoms with Gasteiger partial charge in [0.15, 0.2) is 17.7 Å². The first kappa shape index (κ1) is 55.3. The molecular weight excluding hydrogens is 1100 g/mol. The zero-order chi connectivity index (χ0) is 59.4. The zero-order valence-corrected chi connectivity index (χ0v) is 46.4. The first-order valence-corrected chi connectivity index (χ1v) is 28.3. The number of esters is 1. The smallest absolute Gasteiger partial charge is 0.407 e. The lowest BCUT2D eigenvalue weighted by molar-refractivity contribution is -0.219. The van der Waals surface area contributed by atoms with E-state index in [1.807, 2.05) is 11.8 Å². The van der Waals surface area contributed by atoms with Gasteiger partial charge >= 0.3 is 18.1 Å². The molecule has 85 heavy (non-hydrogen) atoms. The molecule has 3 unspecified atom stereocenters. The molecule has 6 aliphatic rings. The number of aromatic nitrogens is 5. The van der Waals surface area contributed by atoms with Crippen LogP contribution in [-0.4, -0.2) is 144 Å². The Hall–Kier alpha value is -8.85. The Bertz CT molecular complexity index is 4120. The Kier molecular flexibility index (Phi) is 13.7. The van der Waals surface area contributed by atoms with Crippen LogP contribution in [0.15, 0.2) is 71.7 Å². The van der Waals surface area contributed by atoms with Gasteiger partial charge in [-0.05, 0) is 98.5 Å². The number of aromatic hydroxyl groups is 2. The first-order valence-electron chi connectivity index (χ1n) is 28.3. The fraction of sp³-hybridized carbons (Fsp3) is 0.387. The minimum absolute atomic E-state index is 0.0279. The minimum atomic E-state index is -1.96. The van der Waals surface area contributed by atoms with Crippen molar-refractivity contribution in [3.63, 3.8) is 0 Å². The fourth-order valence-electron chi connectivity index (χ4n) is 14.0. The number of alkyl halides is 1. The average Bonchev–Trinajstić information content (AvgIpc) is 1.77. The second-order valence-electron chi connectivity index (χ2n) is 22.7. The number of hydrogen-bond acceptors (Lipinski definition) is 17. The molecule has 23 heteroatoms. The molecule has 3 aromatic carbocycles. The van der Waals surface area contributed by atoms with E-state index in [1.165, 1.54) is 30.5 Å². The summed E-state index contributed by atoms with van der Waals surface area (Å²) in [4.78, 5) is 79.8. The van der Waals surface area contributed by atoms with Gasteiger partial charge in [-0.25, -0.2) is 27.7 Å². The van der Waals surface area contributed by atoms with E-state index in [-0.39, 0.29) is 125 Å². The van der Waals surface area contributed by atoms with Gasteiger partial charge in [0.05, 0.1) is 64.1 Å². The van der Waals surface area contributed by atoms with Crippen LogP contribution in [0, 0.1) is 24.0 Å². The third-order valence-corrected chi connectivity index (χ3v) is 17.9. The van der Waals surface area contributed by atoms with E-state index in [9.17, 15) is 38.9 Å². The number of phenolic OH excluding ortho intramolecular Hbond substituents is 2. The van der Waals surface area contributed by atoms with Gasteiger partial charge in [-0.1, -0.05) is 32.4 Å². The molecule has 4 aromatic heterocycles. The minimum Gasteiger partial charge on any atom is -0.508 e. The lowest BCUT2D eigenvalue weighted by atomic mass is 9.85. The molecule has 6 aliphatic heterocycles. The van der Waals surface area contributed by atoms with Crippen molar-refractivity contribution in [2.24, 2.45) is 0 Å². The summed E-state index contributed by atoms with van der Waals surface area (Å²) >= 11 is 0. The number of aliphatic hydroxyl groups excluding tert-OH is 1. The van der Waals surface area contributed by atoms with Crippen molar-refractivity contribution in [3.8, 4) is 52.5 Å². The van der Waals surface area contributed by atoms with Gasteiger partial charge in [0, 0.05) is 65.3 Å². The van der Waals surface area contributed by atoms with E-state index >= 15 is 8.78 Å². The van der Waals surface area contributed by atoms with Gasteiger partial charge < -0.3 is 54.0 Å². The van der Waals surface area contributed by atoms with E-state index in [4.69, 9.17) is 35.3 Å². The van der Waals surface area contributed by atoms with Crippen molar-refractivity contribution in [1.82, 2.24) is 39.6 Å². The molecule has 0 radical (unpaired) electrons. The number of halogens is 3. The molecule has 4 saturated heterocycles. The third kappa shape index (κ3) is 9.11. The van der Waals surface area contributed by atoms with Crippen LogP contribution in [0.2, 0.25) is 0 Å². The van der Waals surface area contributed by atoms with Crippen molar-refractivity contribution < 1.29 is 61.8 Å². The van der Waals surface area contributed by atoms with E-state index < -0.39 is 84.0 Å². The number of nitrogens with zero attached hydrogens (tertiary/aromatic N) is 8. The normalized spacial score (nSPS) is 22.5. The van der Waals surface area contributed by atoms with Crippen LogP contribution in [0.25, 0.3) is 55.2 Å². The number of nitrogens with one attached hydrogen (secondary N) is 1. The lowest BCUT2D eigenvalue weighted by Gasteiger charge is -2.42. The fourth-order valence-corrected chi connectivity index (χ4v) is 14.0. The topological polar surface area (TPSA) is 244 Å². The summed E-state index contributed by atoms with van der Waals surface area (Å²) in [5, 5.41) is 36.2. The summed E-state index contributed by atoms with van der Waals surface area (Å²) in [6, 6.07) is 10.8. The van der Waals surface area contributed by atoms with Gasteiger partial charge in [0.1, 0.15) is 60.3 Å². The predicted molar refractivity (Wildman–Crippen MR) is 303 cm³/mol. The Labute approximate surface area is 483 Å². The van der Waals surface area contributed by atoms with Crippen molar-refractivity contribution in [2.45, 2.75) is 108 Å². The largest absolute Gasteiger partial charge is 0.508 e. The summed E-state index contributed by atoms with van der Waals surface area (Å²) in [5.74, 6) is -0.505. The van der Waals surface area contributed by atoms with Gasteiger partial charge in [-0.2, -0.15) is 9.97 Å². The zero-order valence-electron chi connectivity index (χ0n) is 46.4. The van der Waals surface area contributed by atoms with E-state index in [0.29, 0.717) is 54.5 Å². The van der Waals surface area contributed by atoms with Crippen LogP contribution in [0.5, 0.6) is 17.5 Å². The second kappa shape index (κ2) is 21.0. The number of rotatable bonds is 14. The van der Waals surface area contributed by atoms with E-state index in [2.05, 4.69) is 32.7 Å². The second-order valence-corrected chi connectivity index (χ2v) is 22.7. The highest BCUT2D eigenvalue weighted by Gasteiger charge is 2.51. The van der Waals surface area contributed by atoms with Gasteiger partial charge in [0.25, 0.3) is 11.5 Å². The molecule has 6 atom stereocenters. The summed E-state index contributed by atoms with van der Waals surface area (Å²) in [5.41, 5.74) is 0.0740. The van der Waals surface area contributed by atoms with Crippen LogP contribution >= 0.6 is 0 Å². The molecule has 7 aromatic rings. The van der Waals surface area contributed by atoms with Gasteiger partial charge in [0.2, 0.25) is 0 Å². The van der Waals surface area contributed by atoms with Crippen LogP contribution < -0.4 is 20.5 Å². The maximum Gasteiger partial charge on any atom is 0.407 e. The van der Waals surface area contributed by atoms with Crippen molar-refractivity contribution in [3.05, 3.63) is 117 Å². The molecular formula is C62H58F3N9O11. The molecule has 13 rings (SSSR count). The number of aliphatic hydroxyl groups is 1. The summed E-state index contributed by atoms with van der Waals surface area (Å²) in [6.07, 6.45) is 6.73. The molecule has 0 saturated carbocycles. The quantitative estimate of drug-likeness (QED) is 0.0373. The third-order valence-electron chi connectivity index (χ3n) is 17.9. The standard InChI is InChI=1S/C62H58F3N9O11/c1-5-38-40-18-36(75)12-14-47(40)68-52-43(38)27-73-48(52)20-45-44(57(73)79)29-82-58(80)62(45,7-3)85-49(77)23-67-60(81)83-28-31(4)56(78)74-34-10-11-35(74)26-71(25-34)55-42-22-66-53(41-19-37(76)17-32-9-13-46(64)39(6-2)50(32)41)51(65)54(42)69-59(70-55)84-30-61-15-8-16-72(61)24-33(63)21-61/h2,9,12-14,17-20,22,33-35,49,75-77H,4-5,7-8,10-11,15-16,21,23-30H2,1,3H3,(H,67,81)/t33-,34?,35?,49?,61+,62+/m1/s1. The molecule has 0 spiro atoms. The van der Waals surface area contributed by atoms with Crippen LogP contribution in [0.3, 0.4) is 0 Å². The monoisotopic (exact) mass is 1160 g/mol. The Morgan fingerprint density at radius 3 is 2.55 bits per heavy atom. The number of aryl methyl sites for hydroxylation is 1. The van der Waals surface area contributed by atoms with E-state index in [1.54, 1.807) is 34.6 Å². The number of hydrogen-bond donors (Lipinski definition) is 4. The predicted octanol–water partition coefficient (Wildman–Crippen LogP) is 6.93. The molecule has 10 heterocycles. The number of fused-ring (bicyclic) bond motifs is 10. The maximum atomic E-state index is 17.4. The highest BCUT2D eigenvalue weighted by Crippen LogP contribution is 2.46. The SMILES string of the molecule is C#Cc1c(F)ccc2cc(O)cc(-c3ncc4c(N5CC6CCC(C5)N6C(=O)C(=C)COC(=O)NCC(O)O[C@]5(CC)C(=O)OCc6c5cc5n(c6=O)Cc6c-5nc5ccc(O)cc5c6CC)nc(OC[C@@]56CCCN5C[C@H](F)C6)nc4c3F)c12. The Balaban J connectivity index is 0.699.